The van der Waals surface area contributed by atoms with Crippen molar-refractivity contribution in [2.75, 3.05) is 13.2 Å². The molecule has 2 aromatic rings. The molecule has 6 nitrogen and oxygen atoms in total. The van der Waals surface area contributed by atoms with Gasteiger partial charge in [0, 0.05) is 11.1 Å². The average molecular weight is 358 g/mol. The van der Waals surface area contributed by atoms with Crippen LogP contribution in [0.15, 0.2) is 60.7 Å². The van der Waals surface area contributed by atoms with Crippen LogP contribution >= 0.6 is 0 Å². The molecule has 0 amide bonds. The summed E-state index contributed by atoms with van der Waals surface area (Å²) < 4.78 is 24.0. The van der Waals surface area contributed by atoms with Crippen LogP contribution in [0.5, 0.6) is 0 Å². The fourth-order valence-corrected chi connectivity index (χ4v) is 3.33. The second kappa shape index (κ2) is 7.84. The van der Waals surface area contributed by atoms with Gasteiger partial charge in [0.05, 0.1) is 13.2 Å². The maximum atomic E-state index is 10.3. The molecule has 4 rings (SSSR count). The fourth-order valence-electron chi connectivity index (χ4n) is 3.33. The largest absolute Gasteiger partial charge is 0.394 e. The first kappa shape index (κ1) is 17.6. The van der Waals surface area contributed by atoms with Gasteiger partial charge >= 0.3 is 0 Å². The number of hydrogen-bond acceptors (Lipinski definition) is 6. The van der Waals surface area contributed by atoms with E-state index in [9.17, 15) is 10.2 Å². The summed E-state index contributed by atoms with van der Waals surface area (Å²) >= 11 is 0. The van der Waals surface area contributed by atoms with Gasteiger partial charge in [-0.25, -0.2) is 0 Å². The second-order valence-corrected chi connectivity index (χ2v) is 6.44. The molecule has 6 heteroatoms. The van der Waals surface area contributed by atoms with Crippen LogP contribution < -0.4 is 0 Å². The van der Waals surface area contributed by atoms with E-state index in [0.717, 1.165) is 11.1 Å². The number of hydrogen-bond donors (Lipinski definition) is 2. The minimum atomic E-state index is -1.10. The van der Waals surface area contributed by atoms with E-state index in [4.69, 9.17) is 18.9 Å². The van der Waals surface area contributed by atoms with Crippen molar-refractivity contribution in [1.29, 1.82) is 0 Å². The minimum absolute atomic E-state index is 0.266. The molecule has 2 fully saturated rings. The molecule has 2 aliphatic rings. The van der Waals surface area contributed by atoms with E-state index in [2.05, 4.69) is 0 Å². The number of rotatable bonds is 4. The van der Waals surface area contributed by atoms with Gasteiger partial charge < -0.3 is 29.2 Å². The van der Waals surface area contributed by atoms with Crippen LogP contribution in [0.25, 0.3) is 0 Å². The second-order valence-electron chi connectivity index (χ2n) is 6.44. The normalized spacial score (nSPS) is 32.6. The molecule has 0 aromatic heterocycles. The van der Waals surface area contributed by atoms with Crippen molar-refractivity contribution in [3.63, 3.8) is 0 Å². The van der Waals surface area contributed by atoms with Gasteiger partial charge in [-0.15, -0.1) is 0 Å². The molecule has 6 atom stereocenters. The van der Waals surface area contributed by atoms with E-state index in [0.29, 0.717) is 0 Å². The molecular weight excluding hydrogens is 336 g/mol. The van der Waals surface area contributed by atoms with E-state index < -0.39 is 43.6 Å². The molecular formula is C20H22O6. The Bertz CT molecular complexity index is 694. The first-order valence-corrected chi connectivity index (χ1v) is 8.73. The summed E-state index contributed by atoms with van der Waals surface area (Å²) in [4.78, 5) is 0. The number of aliphatic hydroxyl groups excluding tert-OH is 2. The van der Waals surface area contributed by atoms with Crippen LogP contribution in [0.1, 0.15) is 23.7 Å². The predicted molar refractivity (Wildman–Crippen MR) is 92.0 cm³/mol. The van der Waals surface area contributed by atoms with Crippen LogP contribution in [0.4, 0.5) is 0 Å². The Balaban J connectivity index is 1.56. The molecule has 0 radical (unpaired) electrons. The zero-order valence-corrected chi connectivity index (χ0v) is 14.2. The first-order valence-electron chi connectivity index (χ1n) is 8.73. The average Bonchev–Trinajstić information content (AvgIpc) is 3.05. The third-order valence-electron chi connectivity index (χ3n) is 4.67. The standard InChI is InChI=1S/C20H22O6/c21-11-15(22)17-18-16(24-20(26-18)14-9-5-2-6-10-14)12-23-19(25-17)13-7-3-1-4-8-13/h1-10,15-22H,11-12H2/t15-,16+,17+,18+,19?,20?/m0/s1. The molecule has 0 aliphatic carbocycles. The van der Waals surface area contributed by atoms with E-state index in [1.165, 1.54) is 0 Å². The molecule has 2 aliphatic heterocycles. The Morgan fingerprint density at radius 1 is 0.846 bits per heavy atom. The van der Waals surface area contributed by atoms with Crippen molar-refractivity contribution in [3.8, 4) is 0 Å². The third-order valence-corrected chi connectivity index (χ3v) is 4.67. The lowest BCUT2D eigenvalue weighted by Crippen LogP contribution is -2.45. The van der Waals surface area contributed by atoms with Crippen LogP contribution in [0.3, 0.4) is 0 Å². The molecule has 26 heavy (non-hydrogen) atoms. The lowest BCUT2D eigenvalue weighted by atomic mass is 10.0. The maximum Gasteiger partial charge on any atom is 0.184 e. The summed E-state index contributed by atoms with van der Waals surface area (Å²) in [5.74, 6) is 0. The molecule has 2 saturated heterocycles. The van der Waals surface area contributed by atoms with Crippen LogP contribution in [0, 0.1) is 0 Å². The molecule has 2 aromatic carbocycles. The van der Waals surface area contributed by atoms with E-state index in [1.54, 1.807) is 0 Å². The fraction of sp³-hybridized carbons (Fsp3) is 0.400. The lowest BCUT2D eigenvalue weighted by Gasteiger charge is -2.28. The molecule has 0 spiro atoms. The number of benzene rings is 2. The summed E-state index contributed by atoms with van der Waals surface area (Å²) in [6, 6.07) is 19.1. The Kier molecular flexibility index (Phi) is 5.31. The predicted octanol–water partition coefficient (Wildman–Crippen LogP) is 1.94. The number of ether oxygens (including phenoxy) is 4. The SMILES string of the molecule is OC[C@H](O)[C@H]1OC(c2ccccc2)OC[C@H]2OC(c3ccccc3)O[C@@H]12. The minimum Gasteiger partial charge on any atom is -0.394 e. The molecule has 0 bridgehead atoms. The topological polar surface area (TPSA) is 77.4 Å². The van der Waals surface area contributed by atoms with E-state index in [-0.39, 0.29) is 6.61 Å². The summed E-state index contributed by atoms with van der Waals surface area (Å²) in [7, 11) is 0. The van der Waals surface area contributed by atoms with E-state index in [1.807, 2.05) is 60.7 Å². The summed E-state index contributed by atoms with van der Waals surface area (Å²) in [5, 5.41) is 19.8. The van der Waals surface area contributed by atoms with Crippen molar-refractivity contribution >= 4 is 0 Å². The van der Waals surface area contributed by atoms with E-state index >= 15 is 0 Å². The summed E-state index contributed by atoms with van der Waals surface area (Å²) in [6.07, 6.45) is -4.04. The van der Waals surface area contributed by atoms with Gasteiger partial charge in [0.2, 0.25) is 0 Å². The summed E-state index contributed by atoms with van der Waals surface area (Å²) in [5.41, 5.74) is 1.72. The highest BCUT2D eigenvalue weighted by atomic mass is 16.8. The zero-order chi connectivity index (χ0) is 17.9. The molecule has 0 saturated carbocycles. The zero-order valence-electron chi connectivity index (χ0n) is 14.2. The van der Waals surface area contributed by atoms with Crippen LogP contribution in [-0.4, -0.2) is 47.8 Å². The molecule has 2 heterocycles. The van der Waals surface area contributed by atoms with Gasteiger partial charge in [-0.1, -0.05) is 60.7 Å². The highest BCUT2D eigenvalue weighted by molar-refractivity contribution is 5.18. The lowest BCUT2D eigenvalue weighted by molar-refractivity contribution is -0.216. The summed E-state index contributed by atoms with van der Waals surface area (Å²) in [6.45, 7) is -0.170. The van der Waals surface area contributed by atoms with Crippen LogP contribution in [-0.2, 0) is 18.9 Å². The monoisotopic (exact) mass is 358 g/mol. The number of fused-ring (bicyclic) bond motifs is 1. The van der Waals surface area contributed by atoms with Crippen molar-refractivity contribution in [1.82, 2.24) is 0 Å². The third kappa shape index (κ3) is 3.53. The van der Waals surface area contributed by atoms with Gasteiger partial charge in [0.1, 0.15) is 24.4 Å². The van der Waals surface area contributed by atoms with Gasteiger partial charge in [0.25, 0.3) is 0 Å². The van der Waals surface area contributed by atoms with Crippen LogP contribution in [0.2, 0.25) is 0 Å². The number of aliphatic hydroxyl groups is 2. The maximum absolute atomic E-state index is 10.3. The Labute approximate surface area is 151 Å². The first-order chi connectivity index (χ1) is 12.8. The van der Waals surface area contributed by atoms with Crippen molar-refractivity contribution in [3.05, 3.63) is 71.8 Å². The highest BCUT2D eigenvalue weighted by Crippen LogP contribution is 2.38. The smallest absolute Gasteiger partial charge is 0.184 e. The highest BCUT2D eigenvalue weighted by Gasteiger charge is 2.48. The van der Waals surface area contributed by atoms with Crippen molar-refractivity contribution < 1.29 is 29.2 Å². The quantitative estimate of drug-likeness (QED) is 0.870. The molecule has 138 valence electrons. The van der Waals surface area contributed by atoms with Gasteiger partial charge in [-0.3, -0.25) is 0 Å². The Hall–Kier alpha value is -1.80. The van der Waals surface area contributed by atoms with Crippen molar-refractivity contribution in [2.45, 2.75) is 37.0 Å². The van der Waals surface area contributed by atoms with Gasteiger partial charge in [-0.05, 0) is 0 Å². The Morgan fingerprint density at radius 2 is 1.46 bits per heavy atom. The molecule has 2 N–H and O–H groups in total. The Morgan fingerprint density at radius 3 is 2.08 bits per heavy atom. The van der Waals surface area contributed by atoms with Gasteiger partial charge in [0.15, 0.2) is 12.6 Å². The van der Waals surface area contributed by atoms with Gasteiger partial charge in [-0.2, -0.15) is 0 Å². The molecule has 2 unspecified atom stereocenters. The van der Waals surface area contributed by atoms with Crippen molar-refractivity contribution in [2.24, 2.45) is 0 Å².